The van der Waals surface area contributed by atoms with Crippen LogP contribution in [0.5, 0.6) is 11.5 Å². The molecule has 1 aromatic rings. The molecule has 1 N–H and O–H groups in total. The van der Waals surface area contributed by atoms with Crippen LogP contribution in [0.15, 0.2) is 18.2 Å². The molecule has 2 unspecified atom stereocenters. The lowest BCUT2D eigenvalue weighted by Crippen LogP contribution is -2.51. The van der Waals surface area contributed by atoms with Crippen molar-refractivity contribution >= 4 is 17.8 Å². The molecule has 1 saturated heterocycles. The van der Waals surface area contributed by atoms with E-state index >= 15 is 0 Å². The van der Waals surface area contributed by atoms with E-state index < -0.39 is 17.8 Å². The Morgan fingerprint density at radius 2 is 1.65 bits per heavy atom. The van der Waals surface area contributed by atoms with Crippen LogP contribution in [0.25, 0.3) is 0 Å². The third kappa shape index (κ3) is 3.44. The molecule has 1 aliphatic heterocycles. The predicted octanol–water partition coefficient (Wildman–Crippen LogP) is 0.709. The van der Waals surface area contributed by atoms with Gasteiger partial charge in [0.1, 0.15) is 11.5 Å². The number of piperazine rings is 1. The van der Waals surface area contributed by atoms with Gasteiger partial charge in [-0.15, -0.1) is 0 Å². The highest BCUT2D eigenvalue weighted by molar-refractivity contribution is 5.97. The van der Waals surface area contributed by atoms with Crippen LogP contribution in [0.4, 0.5) is 0 Å². The molecular weight excluding hydrogens is 340 g/mol. The summed E-state index contributed by atoms with van der Waals surface area (Å²) in [5.74, 6) is -1.11. The van der Waals surface area contributed by atoms with Gasteiger partial charge in [-0.05, 0) is 18.6 Å². The number of rotatable bonds is 5. The highest BCUT2D eigenvalue weighted by Crippen LogP contribution is 2.40. The van der Waals surface area contributed by atoms with Crippen LogP contribution in [-0.4, -0.2) is 73.1 Å². The summed E-state index contributed by atoms with van der Waals surface area (Å²) in [6, 6.07) is 5.03. The first kappa shape index (κ1) is 18.0. The summed E-state index contributed by atoms with van der Waals surface area (Å²) in [7, 11) is 3.04. The Hall–Kier alpha value is -2.77. The largest absolute Gasteiger partial charge is 0.497 e. The van der Waals surface area contributed by atoms with Gasteiger partial charge in [0.15, 0.2) is 0 Å². The number of aliphatic carboxylic acids is 1. The molecule has 1 heterocycles. The van der Waals surface area contributed by atoms with E-state index in [2.05, 4.69) is 0 Å². The fraction of sp³-hybridized carbons (Fsp3) is 0.500. The smallest absolute Gasteiger partial charge is 0.307 e. The number of hydrogen-bond acceptors (Lipinski definition) is 5. The number of amides is 2. The maximum absolute atomic E-state index is 12.8. The van der Waals surface area contributed by atoms with Crippen molar-refractivity contribution in [3.63, 3.8) is 0 Å². The topological polar surface area (TPSA) is 96.4 Å². The molecule has 1 saturated carbocycles. The average Bonchev–Trinajstić information content (AvgIpc) is 3.47. The molecule has 2 atom stereocenters. The van der Waals surface area contributed by atoms with E-state index in [1.165, 1.54) is 7.11 Å². The number of carbonyl (C=O) groups excluding carboxylic acids is 2. The Kier molecular flexibility index (Phi) is 5.01. The van der Waals surface area contributed by atoms with Gasteiger partial charge < -0.3 is 24.4 Å². The molecular formula is C18H22N2O6. The lowest BCUT2D eigenvalue weighted by Gasteiger charge is -2.35. The molecule has 26 heavy (non-hydrogen) atoms. The Morgan fingerprint density at radius 1 is 1.00 bits per heavy atom. The maximum Gasteiger partial charge on any atom is 0.307 e. The fourth-order valence-electron chi connectivity index (χ4n) is 3.25. The standard InChI is InChI=1S/C18H22N2O6/c1-25-11-3-4-12(15(9-11)26-2)16(21)19-5-7-20(8-6-19)17(22)13-10-14(13)18(23)24/h3-4,9,13-14H,5-8,10H2,1-2H3,(H,23,24). The molecule has 2 aliphatic rings. The number of methoxy groups -OCH3 is 2. The molecule has 3 rings (SSSR count). The van der Waals surface area contributed by atoms with Crippen LogP contribution in [0.1, 0.15) is 16.8 Å². The zero-order valence-corrected chi connectivity index (χ0v) is 14.8. The van der Waals surface area contributed by atoms with Crippen LogP contribution in [0.3, 0.4) is 0 Å². The lowest BCUT2D eigenvalue weighted by molar-refractivity contribution is -0.142. The van der Waals surface area contributed by atoms with E-state index in [-0.39, 0.29) is 11.8 Å². The molecule has 0 spiro atoms. The molecule has 0 radical (unpaired) electrons. The second-order valence-electron chi connectivity index (χ2n) is 6.47. The third-order valence-electron chi connectivity index (χ3n) is 4.94. The fourth-order valence-corrected chi connectivity index (χ4v) is 3.25. The zero-order valence-electron chi connectivity index (χ0n) is 14.8. The molecule has 8 nitrogen and oxygen atoms in total. The molecule has 0 bridgehead atoms. The van der Waals surface area contributed by atoms with E-state index in [1.807, 2.05) is 0 Å². The van der Waals surface area contributed by atoms with Crippen molar-refractivity contribution in [2.75, 3.05) is 40.4 Å². The summed E-state index contributed by atoms with van der Waals surface area (Å²) in [6.45, 7) is 1.63. The first-order valence-electron chi connectivity index (χ1n) is 8.49. The second-order valence-corrected chi connectivity index (χ2v) is 6.47. The van der Waals surface area contributed by atoms with Gasteiger partial charge in [-0.1, -0.05) is 0 Å². The number of ether oxygens (including phenoxy) is 2. The van der Waals surface area contributed by atoms with Gasteiger partial charge in [0.25, 0.3) is 5.91 Å². The number of nitrogens with zero attached hydrogens (tertiary/aromatic N) is 2. The summed E-state index contributed by atoms with van der Waals surface area (Å²) in [5.41, 5.74) is 0.446. The van der Waals surface area contributed by atoms with Crippen LogP contribution >= 0.6 is 0 Å². The Labute approximate surface area is 151 Å². The van der Waals surface area contributed by atoms with Gasteiger partial charge in [-0.25, -0.2) is 0 Å². The number of carbonyl (C=O) groups is 3. The molecule has 2 fully saturated rings. The van der Waals surface area contributed by atoms with E-state index in [1.54, 1.807) is 35.1 Å². The highest BCUT2D eigenvalue weighted by Gasteiger charge is 2.50. The van der Waals surface area contributed by atoms with Crippen LogP contribution in [0, 0.1) is 11.8 Å². The number of carboxylic acid groups (broad SMARTS) is 1. The van der Waals surface area contributed by atoms with Gasteiger partial charge in [-0.2, -0.15) is 0 Å². The van der Waals surface area contributed by atoms with Gasteiger partial charge >= 0.3 is 5.97 Å². The minimum Gasteiger partial charge on any atom is -0.497 e. The Morgan fingerprint density at radius 3 is 2.19 bits per heavy atom. The van der Waals surface area contributed by atoms with Gasteiger partial charge in [0.2, 0.25) is 5.91 Å². The number of carboxylic acids is 1. The molecule has 2 amide bonds. The lowest BCUT2D eigenvalue weighted by atomic mass is 10.1. The first-order valence-corrected chi connectivity index (χ1v) is 8.49. The third-order valence-corrected chi connectivity index (χ3v) is 4.94. The van der Waals surface area contributed by atoms with Crippen molar-refractivity contribution in [1.82, 2.24) is 9.80 Å². The molecule has 1 aliphatic carbocycles. The highest BCUT2D eigenvalue weighted by atomic mass is 16.5. The van der Waals surface area contributed by atoms with E-state index in [4.69, 9.17) is 14.6 Å². The van der Waals surface area contributed by atoms with Crippen LogP contribution in [0.2, 0.25) is 0 Å². The molecule has 8 heteroatoms. The van der Waals surface area contributed by atoms with Gasteiger partial charge in [-0.3, -0.25) is 14.4 Å². The summed E-state index contributed by atoms with van der Waals surface area (Å²) < 4.78 is 10.4. The van der Waals surface area contributed by atoms with Crippen molar-refractivity contribution in [3.8, 4) is 11.5 Å². The minimum absolute atomic E-state index is 0.119. The normalized spacial score (nSPS) is 21.9. The summed E-state index contributed by atoms with van der Waals surface area (Å²) in [4.78, 5) is 39.3. The Balaban J connectivity index is 1.60. The van der Waals surface area contributed by atoms with Crippen molar-refractivity contribution in [2.45, 2.75) is 6.42 Å². The summed E-state index contributed by atoms with van der Waals surface area (Å²) >= 11 is 0. The van der Waals surface area contributed by atoms with Crippen LogP contribution < -0.4 is 9.47 Å². The van der Waals surface area contributed by atoms with E-state index in [0.717, 1.165) is 0 Å². The molecule has 1 aromatic carbocycles. The monoisotopic (exact) mass is 362 g/mol. The average molecular weight is 362 g/mol. The number of hydrogen-bond donors (Lipinski definition) is 1. The van der Waals surface area contributed by atoms with E-state index in [0.29, 0.717) is 49.7 Å². The summed E-state index contributed by atoms with van der Waals surface area (Å²) in [5, 5.41) is 8.95. The van der Waals surface area contributed by atoms with Gasteiger partial charge in [0.05, 0.1) is 31.6 Å². The van der Waals surface area contributed by atoms with Crippen molar-refractivity contribution in [1.29, 1.82) is 0 Å². The maximum atomic E-state index is 12.8. The van der Waals surface area contributed by atoms with Crippen molar-refractivity contribution in [2.24, 2.45) is 11.8 Å². The molecule has 140 valence electrons. The first-order chi connectivity index (χ1) is 12.5. The van der Waals surface area contributed by atoms with Crippen molar-refractivity contribution < 1.29 is 29.0 Å². The zero-order chi connectivity index (χ0) is 18.8. The minimum atomic E-state index is -0.913. The summed E-state index contributed by atoms with van der Waals surface area (Å²) in [6.07, 6.45) is 0.413. The second kappa shape index (κ2) is 7.23. The predicted molar refractivity (Wildman–Crippen MR) is 91.3 cm³/mol. The van der Waals surface area contributed by atoms with E-state index in [9.17, 15) is 14.4 Å². The van der Waals surface area contributed by atoms with Gasteiger partial charge in [0, 0.05) is 32.2 Å². The number of benzene rings is 1. The SMILES string of the molecule is COc1ccc(C(=O)N2CCN(C(=O)C3CC3C(=O)O)CC2)c(OC)c1. The van der Waals surface area contributed by atoms with Crippen molar-refractivity contribution in [3.05, 3.63) is 23.8 Å². The van der Waals surface area contributed by atoms with Crippen LogP contribution in [-0.2, 0) is 9.59 Å². The quantitative estimate of drug-likeness (QED) is 0.829. The molecule has 0 aromatic heterocycles. The Bertz CT molecular complexity index is 726.